The van der Waals surface area contributed by atoms with Crippen molar-refractivity contribution in [2.45, 2.75) is 6.54 Å². The number of hydrogen-bond acceptors (Lipinski definition) is 5. The SMILES string of the molecule is COc1cc(CN(C)CCN)cc2c1OCO2. The van der Waals surface area contributed by atoms with Crippen LogP contribution in [0.1, 0.15) is 5.56 Å². The Labute approximate surface area is 101 Å². The molecule has 5 heteroatoms. The fraction of sp³-hybridized carbons (Fsp3) is 0.500. The molecule has 94 valence electrons. The van der Waals surface area contributed by atoms with Crippen molar-refractivity contribution in [2.75, 3.05) is 34.0 Å². The summed E-state index contributed by atoms with van der Waals surface area (Å²) in [6.45, 7) is 2.58. The Balaban J connectivity index is 2.18. The summed E-state index contributed by atoms with van der Waals surface area (Å²) >= 11 is 0. The highest BCUT2D eigenvalue weighted by Gasteiger charge is 2.20. The van der Waals surface area contributed by atoms with Crippen molar-refractivity contribution in [1.82, 2.24) is 4.90 Å². The minimum Gasteiger partial charge on any atom is -0.493 e. The predicted octanol–water partition coefficient (Wildman–Crippen LogP) is 0.814. The lowest BCUT2D eigenvalue weighted by Crippen LogP contribution is -2.24. The van der Waals surface area contributed by atoms with Crippen molar-refractivity contribution in [2.24, 2.45) is 5.73 Å². The molecule has 17 heavy (non-hydrogen) atoms. The van der Waals surface area contributed by atoms with Crippen LogP contribution in [0, 0.1) is 0 Å². The average Bonchev–Trinajstić information content (AvgIpc) is 2.76. The van der Waals surface area contributed by atoms with Crippen LogP contribution in [-0.4, -0.2) is 38.9 Å². The summed E-state index contributed by atoms with van der Waals surface area (Å²) in [6.07, 6.45) is 0. The molecule has 0 amide bonds. The van der Waals surface area contributed by atoms with Gasteiger partial charge in [0.1, 0.15) is 0 Å². The Bertz CT molecular complexity index is 396. The van der Waals surface area contributed by atoms with E-state index in [1.807, 2.05) is 19.2 Å². The van der Waals surface area contributed by atoms with Crippen molar-refractivity contribution in [1.29, 1.82) is 0 Å². The topological polar surface area (TPSA) is 57.0 Å². The van der Waals surface area contributed by atoms with Crippen LogP contribution < -0.4 is 19.9 Å². The van der Waals surface area contributed by atoms with E-state index in [1.54, 1.807) is 7.11 Å². The second kappa shape index (κ2) is 5.25. The van der Waals surface area contributed by atoms with Gasteiger partial charge in [0.25, 0.3) is 0 Å². The van der Waals surface area contributed by atoms with Crippen LogP contribution in [0.4, 0.5) is 0 Å². The zero-order valence-electron chi connectivity index (χ0n) is 10.2. The average molecular weight is 238 g/mol. The molecule has 0 saturated carbocycles. The van der Waals surface area contributed by atoms with Gasteiger partial charge in [0.05, 0.1) is 7.11 Å². The van der Waals surface area contributed by atoms with Crippen molar-refractivity contribution >= 4 is 0 Å². The third kappa shape index (κ3) is 2.62. The Morgan fingerprint density at radius 2 is 2.24 bits per heavy atom. The first-order chi connectivity index (χ1) is 8.24. The first-order valence-electron chi connectivity index (χ1n) is 5.59. The Morgan fingerprint density at radius 3 is 2.94 bits per heavy atom. The maximum atomic E-state index is 5.52. The highest BCUT2D eigenvalue weighted by molar-refractivity contribution is 5.55. The summed E-state index contributed by atoms with van der Waals surface area (Å²) in [5.74, 6) is 2.16. The molecule has 2 N–H and O–H groups in total. The highest BCUT2D eigenvalue weighted by Crippen LogP contribution is 2.41. The highest BCUT2D eigenvalue weighted by atomic mass is 16.7. The fourth-order valence-electron chi connectivity index (χ4n) is 1.89. The van der Waals surface area contributed by atoms with E-state index in [4.69, 9.17) is 19.9 Å². The monoisotopic (exact) mass is 238 g/mol. The number of nitrogens with two attached hydrogens (primary N) is 1. The van der Waals surface area contributed by atoms with Crippen molar-refractivity contribution in [3.63, 3.8) is 0 Å². The molecule has 1 heterocycles. The number of rotatable bonds is 5. The second-order valence-corrected chi connectivity index (χ2v) is 4.06. The van der Waals surface area contributed by atoms with Gasteiger partial charge in [-0.25, -0.2) is 0 Å². The van der Waals surface area contributed by atoms with Crippen LogP contribution in [0.5, 0.6) is 17.2 Å². The van der Waals surface area contributed by atoms with E-state index in [0.29, 0.717) is 12.3 Å². The molecule has 0 unspecified atom stereocenters. The van der Waals surface area contributed by atoms with Gasteiger partial charge in [-0.3, -0.25) is 0 Å². The molecule has 0 saturated heterocycles. The molecule has 1 aromatic rings. The van der Waals surface area contributed by atoms with Crippen molar-refractivity contribution < 1.29 is 14.2 Å². The van der Waals surface area contributed by atoms with Crippen LogP contribution >= 0.6 is 0 Å². The molecular weight excluding hydrogens is 220 g/mol. The Morgan fingerprint density at radius 1 is 1.41 bits per heavy atom. The zero-order chi connectivity index (χ0) is 12.3. The van der Waals surface area contributed by atoms with E-state index < -0.39 is 0 Å². The lowest BCUT2D eigenvalue weighted by Gasteiger charge is -2.16. The number of nitrogens with zero attached hydrogens (tertiary/aromatic N) is 1. The summed E-state index contributed by atoms with van der Waals surface area (Å²) in [5.41, 5.74) is 6.65. The van der Waals surface area contributed by atoms with Gasteiger partial charge < -0.3 is 24.8 Å². The Kier molecular flexibility index (Phi) is 3.71. The molecule has 0 atom stereocenters. The minimum absolute atomic E-state index is 0.258. The summed E-state index contributed by atoms with van der Waals surface area (Å²) < 4.78 is 16.0. The normalized spacial score (nSPS) is 13.2. The molecule has 2 rings (SSSR count). The predicted molar refractivity (Wildman–Crippen MR) is 64.5 cm³/mol. The number of hydrogen-bond donors (Lipinski definition) is 1. The maximum absolute atomic E-state index is 5.52. The quantitative estimate of drug-likeness (QED) is 0.822. The van der Waals surface area contributed by atoms with Crippen LogP contribution in [-0.2, 0) is 6.54 Å². The summed E-state index contributed by atoms with van der Waals surface area (Å²) in [6, 6.07) is 3.96. The molecule has 0 aromatic heterocycles. The van der Waals surface area contributed by atoms with Gasteiger partial charge in [-0.2, -0.15) is 0 Å². The van der Waals surface area contributed by atoms with Gasteiger partial charge in [-0.15, -0.1) is 0 Å². The van der Waals surface area contributed by atoms with E-state index in [9.17, 15) is 0 Å². The molecule has 0 bridgehead atoms. The van der Waals surface area contributed by atoms with E-state index in [2.05, 4.69) is 4.90 Å². The number of ether oxygens (including phenoxy) is 3. The lowest BCUT2D eigenvalue weighted by molar-refractivity contribution is 0.171. The van der Waals surface area contributed by atoms with E-state index in [-0.39, 0.29) is 6.79 Å². The van der Waals surface area contributed by atoms with Gasteiger partial charge in [-0.1, -0.05) is 0 Å². The summed E-state index contributed by atoms with van der Waals surface area (Å²) in [5, 5.41) is 0. The molecular formula is C12H18N2O3. The standard InChI is InChI=1S/C12H18N2O3/c1-14(4-3-13)7-9-5-10(15-2)12-11(6-9)16-8-17-12/h5-6H,3-4,7-8,13H2,1-2H3. The van der Waals surface area contributed by atoms with Crippen LogP contribution in [0.3, 0.4) is 0 Å². The summed E-state index contributed by atoms with van der Waals surface area (Å²) in [4.78, 5) is 2.15. The molecule has 5 nitrogen and oxygen atoms in total. The van der Waals surface area contributed by atoms with E-state index >= 15 is 0 Å². The molecule has 0 aliphatic carbocycles. The van der Waals surface area contributed by atoms with Crippen molar-refractivity contribution in [3.8, 4) is 17.2 Å². The number of methoxy groups -OCH3 is 1. The zero-order valence-corrected chi connectivity index (χ0v) is 10.2. The molecule has 0 spiro atoms. The third-order valence-electron chi connectivity index (χ3n) is 2.68. The number of benzene rings is 1. The first-order valence-corrected chi connectivity index (χ1v) is 5.59. The van der Waals surface area contributed by atoms with E-state index in [0.717, 1.165) is 30.2 Å². The van der Waals surface area contributed by atoms with Gasteiger partial charge in [0.15, 0.2) is 11.5 Å². The first kappa shape index (κ1) is 12.0. The molecule has 1 aromatic carbocycles. The number of likely N-dealkylation sites (N-methyl/N-ethyl adjacent to an activating group) is 1. The smallest absolute Gasteiger partial charge is 0.231 e. The molecule has 1 aliphatic heterocycles. The Hall–Kier alpha value is -1.46. The molecule has 0 radical (unpaired) electrons. The van der Waals surface area contributed by atoms with Crippen LogP contribution in [0.25, 0.3) is 0 Å². The van der Waals surface area contributed by atoms with E-state index in [1.165, 1.54) is 0 Å². The fourth-order valence-corrected chi connectivity index (χ4v) is 1.89. The minimum atomic E-state index is 0.258. The second-order valence-electron chi connectivity index (χ2n) is 4.06. The molecule has 1 aliphatic rings. The van der Waals surface area contributed by atoms with Crippen LogP contribution in [0.15, 0.2) is 12.1 Å². The third-order valence-corrected chi connectivity index (χ3v) is 2.68. The lowest BCUT2D eigenvalue weighted by atomic mass is 10.1. The van der Waals surface area contributed by atoms with Gasteiger partial charge >= 0.3 is 0 Å². The van der Waals surface area contributed by atoms with Gasteiger partial charge in [0, 0.05) is 19.6 Å². The number of fused-ring (bicyclic) bond motifs is 1. The van der Waals surface area contributed by atoms with Gasteiger partial charge in [0.2, 0.25) is 12.5 Å². The van der Waals surface area contributed by atoms with Crippen molar-refractivity contribution in [3.05, 3.63) is 17.7 Å². The maximum Gasteiger partial charge on any atom is 0.231 e. The van der Waals surface area contributed by atoms with Gasteiger partial charge in [-0.05, 0) is 24.7 Å². The largest absolute Gasteiger partial charge is 0.493 e. The molecule has 0 fully saturated rings. The summed E-state index contributed by atoms with van der Waals surface area (Å²) in [7, 11) is 3.66. The van der Waals surface area contributed by atoms with Crippen LogP contribution in [0.2, 0.25) is 0 Å².